The number of aromatic nitrogens is 3. The van der Waals surface area contributed by atoms with Gasteiger partial charge in [0.05, 0.1) is 22.6 Å². The Labute approximate surface area is 125 Å². The molecule has 0 amide bonds. The molecule has 1 unspecified atom stereocenters. The molecule has 6 heteroatoms. The Bertz CT molecular complexity index is 835. The van der Waals surface area contributed by atoms with Gasteiger partial charge in [0, 0.05) is 11.1 Å². The third-order valence-corrected chi connectivity index (χ3v) is 4.63. The molecule has 0 aliphatic heterocycles. The molecule has 3 rings (SSSR count). The standard InChI is InChI=1S/C15H15N3O2S/c1-8-7-21-14(16-8)9(2)18-10(3)17-12-5-4-11(15(19)20)6-13(12)18/h4-7,9H,1-3H3,(H,19,20). The molecule has 3 aromatic rings. The van der Waals surface area contributed by atoms with E-state index >= 15 is 0 Å². The molecular formula is C15H15N3O2S. The van der Waals surface area contributed by atoms with Crippen molar-refractivity contribution in [1.29, 1.82) is 0 Å². The number of carboxylic acid groups (broad SMARTS) is 1. The highest BCUT2D eigenvalue weighted by Gasteiger charge is 2.18. The predicted octanol–water partition coefficient (Wildman–Crippen LogP) is 3.42. The molecular weight excluding hydrogens is 286 g/mol. The maximum absolute atomic E-state index is 11.2. The van der Waals surface area contributed by atoms with Gasteiger partial charge in [-0.1, -0.05) is 0 Å². The third kappa shape index (κ3) is 2.31. The molecule has 5 nitrogen and oxygen atoms in total. The lowest BCUT2D eigenvalue weighted by Crippen LogP contribution is -2.09. The fourth-order valence-corrected chi connectivity index (χ4v) is 3.35. The number of carboxylic acids is 1. The fraction of sp³-hybridized carbons (Fsp3) is 0.267. The van der Waals surface area contributed by atoms with Crippen molar-refractivity contribution in [2.45, 2.75) is 26.8 Å². The third-order valence-electron chi connectivity index (χ3n) is 3.49. The first-order chi connectivity index (χ1) is 9.97. The van der Waals surface area contributed by atoms with Gasteiger partial charge in [-0.3, -0.25) is 0 Å². The Morgan fingerprint density at radius 1 is 1.33 bits per heavy atom. The Hall–Kier alpha value is -2.21. The van der Waals surface area contributed by atoms with E-state index in [9.17, 15) is 4.79 Å². The first-order valence-corrected chi connectivity index (χ1v) is 7.49. The van der Waals surface area contributed by atoms with Gasteiger partial charge in [-0.2, -0.15) is 0 Å². The van der Waals surface area contributed by atoms with E-state index in [1.165, 1.54) is 0 Å². The van der Waals surface area contributed by atoms with Gasteiger partial charge < -0.3 is 9.67 Å². The molecule has 0 saturated heterocycles. The summed E-state index contributed by atoms with van der Waals surface area (Å²) in [5.74, 6) is -0.0760. The van der Waals surface area contributed by atoms with Crippen LogP contribution < -0.4 is 0 Å². The molecule has 108 valence electrons. The van der Waals surface area contributed by atoms with E-state index < -0.39 is 5.97 Å². The van der Waals surface area contributed by atoms with Crippen LogP contribution in [0, 0.1) is 13.8 Å². The first kappa shape index (κ1) is 13.8. The number of benzene rings is 1. The zero-order chi connectivity index (χ0) is 15.1. The Morgan fingerprint density at radius 2 is 2.10 bits per heavy atom. The van der Waals surface area contributed by atoms with Gasteiger partial charge in [0.15, 0.2) is 0 Å². The lowest BCUT2D eigenvalue weighted by Gasteiger charge is -2.14. The van der Waals surface area contributed by atoms with E-state index in [4.69, 9.17) is 5.11 Å². The number of hydrogen-bond donors (Lipinski definition) is 1. The number of aryl methyl sites for hydroxylation is 2. The van der Waals surface area contributed by atoms with E-state index in [-0.39, 0.29) is 11.6 Å². The van der Waals surface area contributed by atoms with E-state index in [0.717, 1.165) is 27.6 Å². The Balaban J connectivity index is 2.18. The number of carbonyl (C=O) groups is 1. The van der Waals surface area contributed by atoms with Crippen LogP contribution in [-0.2, 0) is 0 Å². The van der Waals surface area contributed by atoms with Crippen LogP contribution in [0.25, 0.3) is 11.0 Å². The second-order valence-electron chi connectivity index (χ2n) is 5.04. The largest absolute Gasteiger partial charge is 0.478 e. The molecule has 0 spiro atoms. The van der Waals surface area contributed by atoms with Crippen molar-refractivity contribution in [1.82, 2.24) is 14.5 Å². The highest BCUT2D eigenvalue weighted by atomic mass is 32.1. The summed E-state index contributed by atoms with van der Waals surface area (Å²) in [6.45, 7) is 5.95. The minimum Gasteiger partial charge on any atom is -0.478 e. The van der Waals surface area contributed by atoms with Gasteiger partial charge in [0.25, 0.3) is 0 Å². The maximum Gasteiger partial charge on any atom is 0.335 e. The van der Waals surface area contributed by atoms with E-state index in [0.29, 0.717) is 0 Å². The van der Waals surface area contributed by atoms with Crippen LogP contribution in [0.1, 0.15) is 39.8 Å². The minimum absolute atomic E-state index is 0.0257. The van der Waals surface area contributed by atoms with Gasteiger partial charge in [0.2, 0.25) is 0 Å². The molecule has 1 aromatic carbocycles. The number of nitrogens with zero attached hydrogens (tertiary/aromatic N) is 3. The Kier molecular flexibility index (Phi) is 3.25. The molecule has 21 heavy (non-hydrogen) atoms. The summed E-state index contributed by atoms with van der Waals surface area (Å²) in [5, 5.41) is 12.2. The summed E-state index contributed by atoms with van der Waals surface area (Å²) in [6.07, 6.45) is 0. The van der Waals surface area contributed by atoms with Gasteiger partial charge in [0.1, 0.15) is 10.8 Å². The van der Waals surface area contributed by atoms with Crippen LogP contribution in [0.5, 0.6) is 0 Å². The van der Waals surface area contributed by atoms with Crippen molar-refractivity contribution in [3.8, 4) is 0 Å². The smallest absolute Gasteiger partial charge is 0.335 e. The second kappa shape index (κ2) is 4.96. The molecule has 2 aromatic heterocycles. The lowest BCUT2D eigenvalue weighted by atomic mass is 10.2. The molecule has 1 atom stereocenters. The molecule has 0 aliphatic rings. The summed E-state index contributed by atoms with van der Waals surface area (Å²) < 4.78 is 2.04. The molecule has 0 radical (unpaired) electrons. The van der Waals surface area contributed by atoms with E-state index in [2.05, 4.69) is 16.9 Å². The van der Waals surface area contributed by atoms with Crippen LogP contribution >= 0.6 is 11.3 Å². The van der Waals surface area contributed by atoms with Gasteiger partial charge in [-0.05, 0) is 39.0 Å². The number of rotatable bonds is 3. The lowest BCUT2D eigenvalue weighted by molar-refractivity contribution is 0.0697. The summed E-state index contributed by atoms with van der Waals surface area (Å²) in [7, 11) is 0. The summed E-state index contributed by atoms with van der Waals surface area (Å²) in [5.41, 5.74) is 2.90. The zero-order valence-electron chi connectivity index (χ0n) is 12.0. The van der Waals surface area contributed by atoms with Crippen molar-refractivity contribution in [3.05, 3.63) is 45.7 Å². The van der Waals surface area contributed by atoms with Crippen LogP contribution in [0.4, 0.5) is 0 Å². The average Bonchev–Trinajstić information content (AvgIpc) is 3.00. The second-order valence-corrected chi connectivity index (χ2v) is 5.93. The molecule has 0 bridgehead atoms. The highest BCUT2D eigenvalue weighted by Crippen LogP contribution is 2.28. The van der Waals surface area contributed by atoms with Gasteiger partial charge in [-0.15, -0.1) is 11.3 Å². The first-order valence-electron chi connectivity index (χ1n) is 6.61. The Morgan fingerprint density at radius 3 is 2.71 bits per heavy atom. The van der Waals surface area contributed by atoms with Crippen LogP contribution in [0.2, 0.25) is 0 Å². The summed E-state index contributed by atoms with van der Waals surface area (Å²) in [4.78, 5) is 20.2. The van der Waals surface area contributed by atoms with Crippen LogP contribution in [0.15, 0.2) is 23.6 Å². The maximum atomic E-state index is 11.2. The fourth-order valence-electron chi connectivity index (χ4n) is 2.51. The normalized spacial score (nSPS) is 12.7. The molecule has 1 N–H and O–H groups in total. The van der Waals surface area contributed by atoms with Crippen molar-refractivity contribution in [2.75, 3.05) is 0 Å². The molecule has 0 aliphatic carbocycles. The van der Waals surface area contributed by atoms with Gasteiger partial charge >= 0.3 is 5.97 Å². The number of imidazole rings is 1. The molecule has 2 heterocycles. The zero-order valence-corrected chi connectivity index (χ0v) is 12.8. The van der Waals surface area contributed by atoms with E-state index in [1.807, 2.05) is 23.8 Å². The van der Waals surface area contributed by atoms with Crippen molar-refractivity contribution in [2.24, 2.45) is 0 Å². The van der Waals surface area contributed by atoms with Crippen LogP contribution in [-0.4, -0.2) is 25.6 Å². The SMILES string of the molecule is Cc1csc(C(C)n2c(C)nc3ccc(C(=O)O)cc32)n1. The number of hydrogen-bond acceptors (Lipinski definition) is 4. The monoisotopic (exact) mass is 301 g/mol. The highest BCUT2D eigenvalue weighted by molar-refractivity contribution is 7.09. The average molecular weight is 301 g/mol. The van der Waals surface area contributed by atoms with E-state index in [1.54, 1.807) is 29.5 Å². The number of fused-ring (bicyclic) bond motifs is 1. The minimum atomic E-state index is -0.931. The van der Waals surface area contributed by atoms with Crippen LogP contribution in [0.3, 0.4) is 0 Å². The molecule has 0 fully saturated rings. The van der Waals surface area contributed by atoms with Gasteiger partial charge in [-0.25, -0.2) is 14.8 Å². The number of aromatic carboxylic acids is 1. The summed E-state index contributed by atoms with van der Waals surface area (Å²) in [6, 6.07) is 5.04. The molecule has 0 saturated carbocycles. The quantitative estimate of drug-likeness (QED) is 0.805. The summed E-state index contributed by atoms with van der Waals surface area (Å²) >= 11 is 1.61. The van der Waals surface area contributed by atoms with Crippen molar-refractivity contribution in [3.63, 3.8) is 0 Å². The number of thiazole rings is 1. The topological polar surface area (TPSA) is 68.0 Å². The predicted molar refractivity (Wildman–Crippen MR) is 82.1 cm³/mol. The van der Waals surface area contributed by atoms with Crippen molar-refractivity contribution >= 4 is 28.3 Å². The van der Waals surface area contributed by atoms with Crippen molar-refractivity contribution < 1.29 is 9.90 Å².